The van der Waals surface area contributed by atoms with Crippen LogP contribution in [0.4, 0.5) is 14.5 Å². The highest BCUT2D eigenvalue weighted by molar-refractivity contribution is 5.94. The maximum atomic E-state index is 13.6. The second-order valence-corrected chi connectivity index (χ2v) is 3.96. The van der Waals surface area contributed by atoms with E-state index >= 15 is 0 Å². The summed E-state index contributed by atoms with van der Waals surface area (Å²) in [6.45, 7) is 2.72. The van der Waals surface area contributed by atoms with Crippen LogP contribution in [0.5, 0.6) is 0 Å². The summed E-state index contributed by atoms with van der Waals surface area (Å²) in [5.74, 6) is -3.15. The van der Waals surface area contributed by atoms with Gasteiger partial charge < -0.3 is 9.64 Å². The summed E-state index contributed by atoms with van der Waals surface area (Å²) in [4.78, 5) is 22.4. The molecule has 0 saturated carbocycles. The van der Waals surface area contributed by atoms with Crippen molar-refractivity contribution in [1.29, 1.82) is 0 Å². The van der Waals surface area contributed by atoms with Gasteiger partial charge in [-0.3, -0.25) is 14.9 Å². The molecule has 0 aliphatic rings. The Morgan fingerprint density at radius 3 is 2.60 bits per heavy atom. The lowest BCUT2D eigenvalue weighted by molar-refractivity contribution is -0.387. The molecule has 0 unspecified atom stereocenters. The van der Waals surface area contributed by atoms with Gasteiger partial charge in [-0.05, 0) is 13.0 Å². The van der Waals surface area contributed by atoms with Crippen molar-refractivity contribution in [3.8, 4) is 0 Å². The number of carbonyl (C=O) groups excluding carboxylic acids is 1. The zero-order chi connectivity index (χ0) is 15.3. The van der Waals surface area contributed by atoms with Crippen LogP contribution in [0.2, 0.25) is 0 Å². The number of hydrogen-bond acceptors (Lipinski definition) is 4. The average Bonchev–Trinajstić information content (AvgIpc) is 2.40. The fraction of sp³-hybridized carbons (Fsp3) is 0.417. The first-order valence-corrected chi connectivity index (χ1v) is 5.85. The summed E-state index contributed by atoms with van der Waals surface area (Å²) in [5.41, 5.74) is -1.55. The first-order valence-electron chi connectivity index (χ1n) is 5.85. The van der Waals surface area contributed by atoms with Crippen molar-refractivity contribution in [2.24, 2.45) is 0 Å². The van der Waals surface area contributed by atoms with Crippen LogP contribution in [0.15, 0.2) is 12.1 Å². The van der Waals surface area contributed by atoms with E-state index in [1.165, 1.54) is 7.05 Å². The van der Waals surface area contributed by atoms with Crippen molar-refractivity contribution in [2.75, 3.05) is 26.8 Å². The summed E-state index contributed by atoms with van der Waals surface area (Å²) in [6.07, 6.45) is 0. The molecule has 1 aromatic carbocycles. The van der Waals surface area contributed by atoms with E-state index < -0.39 is 33.7 Å². The number of carbonyl (C=O) groups is 1. The van der Waals surface area contributed by atoms with Gasteiger partial charge in [-0.25, -0.2) is 4.39 Å². The fourth-order valence-corrected chi connectivity index (χ4v) is 1.49. The van der Waals surface area contributed by atoms with E-state index in [9.17, 15) is 23.7 Å². The van der Waals surface area contributed by atoms with E-state index in [4.69, 9.17) is 4.74 Å². The van der Waals surface area contributed by atoms with E-state index in [1.54, 1.807) is 6.92 Å². The number of benzene rings is 1. The minimum atomic E-state index is -1.25. The number of nitrogens with zero attached hydrogens (tertiary/aromatic N) is 2. The molecule has 0 N–H and O–H groups in total. The van der Waals surface area contributed by atoms with Gasteiger partial charge in [0.1, 0.15) is 5.82 Å². The predicted molar refractivity (Wildman–Crippen MR) is 66.5 cm³/mol. The number of hydrogen-bond donors (Lipinski definition) is 0. The molecule has 0 aliphatic heterocycles. The largest absolute Gasteiger partial charge is 0.380 e. The third-order valence-electron chi connectivity index (χ3n) is 2.59. The molecule has 0 heterocycles. The molecule has 1 aromatic rings. The summed E-state index contributed by atoms with van der Waals surface area (Å²) in [5, 5.41) is 10.5. The smallest absolute Gasteiger partial charge is 0.307 e. The molecule has 0 radical (unpaired) electrons. The second-order valence-electron chi connectivity index (χ2n) is 3.96. The van der Waals surface area contributed by atoms with Crippen LogP contribution >= 0.6 is 0 Å². The molecule has 0 aromatic heterocycles. The van der Waals surface area contributed by atoms with Gasteiger partial charge in [0.25, 0.3) is 5.91 Å². The van der Waals surface area contributed by atoms with Crippen molar-refractivity contribution >= 4 is 11.6 Å². The molecule has 20 heavy (non-hydrogen) atoms. The molecular weight excluding hydrogens is 274 g/mol. The highest BCUT2D eigenvalue weighted by atomic mass is 19.1. The third-order valence-corrected chi connectivity index (χ3v) is 2.59. The van der Waals surface area contributed by atoms with Crippen LogP contribution in [0.3, 0.4) is 0 Å². The zero-order valence-electron chi connectivity index (χ0n) is 11.1. The second kappa shape index (κ2) is 6.90. The molecular formula is C12H14F2N2O4. The van der Waals surface area contributed by atoms with Crippen molar-refractivity contribution in [1.82, 2.24) is 4.90 Å². The van der Waals surface area contributed by atoms with Crippen LogP contribution in [0.1, 0.15) is 17.3 Å². The Labute approximate surface area is 114 Å². The quantitative estimate of drug-likeness (QED) is 0.456. The predicted octanol–water partition coefficient (Wildman–Crippen LogP) is 1.98. The number of halogens is 2. The van der Waals surface area contributed by atoms with Gasteiger partial charge in [-0.1, -0.05) is 0 Å². The number of ether oxygens (including phenoxy) is 1. The lowest BCUT2D eigenvalue weighted by Gasteiger charge is -2.17. The average molecular weight is 288 g/mol. The van der Waals surface area contributed by atoms with Gasteiger partial charge in [0.05, 0.1) is 23.2 Å². The highest BCUT2D eigenvalue weighted by Gasteiger charge is 2.23. The van der Waals surface area contributed by atoms with Crippen molar-refractivity contribution in [2.45, 2.75) is 6.92 Å². The number of nitro benzene ring substituents is 1. The van der Waals surface area contributed by atoms with E-state index in [-0.39, 0.29) is 13.2 Å². The van der Waals surface area contributed by atoms with Crippen molar-refractivity contribution < 1.29 is 23.2 Å². The lowest BCUT2D eigenvalue weighted by atomic mass is 10.1. The molecule has 1 amide bonds. The van der Waals surface area contributed by atoms with Crippen LogP contribution in [0, 0.1) is 21.7 Å². The van der Waals surface area contributed by atoms with Crippen molar-refractivity contribution in [3.63, 3.8) is 0 Å². The molecule has 110 valence electrons. The van der Waals surface area contributed by atoms with Crippen LogP contribution in [-0.2, 0) is 4.74 Å². The maximum Gasteiger partial charge on any atom is 0.307 e. The number of rotatable bonds is 6. The summed E-state index contributed by atoms with van der Waals surface area (Å²) < 4.78 is 32.1. The fourth-order valence-electron chi connectivity index (χ4n) is 1.49. The minimum Gasteiger partial charge on any atom is -0.380 e. The SMILES string of the molecule is CCOCCN(C)C(=O)c1cc(F)c([N+](=O)[O-])cc1F. The Morgan fingerprint density at radius 1 is 1.40 bits per heavy atom. The lowest BCUT2D eigenvalue weighted by Crippen LogP contribution is -2.31. The summed E-state index contributed by atoms with van der Waals surface area (Å²) in [7, 11) is 1.40. The number of likely N-dealkylation sites (N-methyl/N-ethyl adjacent to an activating group) is 1. The van der Waals surface area contributed by atoms with Gasteiger partial charge in [-0.2, -0.15) is 4.39 Å². The molecule has 0 aliphatic carbocycles. The van der Waals surface area contributed by atoms with Gasteiger partial charge in [0, 0.05) is 20.2 Å². The molecule has 8 heteroatoms. The van der Waals surface area contributed by atoms with Crippen LogP contribution in [-0.4, -0.2) is 42.5 Å². The Morgan fingerprint density at radius 2 is 2.05 bits per heavy atom. The van der Waals surface area contributed by atoms with Gasteiger partial charge in [-0.15, -0.1) is 0 Å². The van der Waals surface area contributed by atoms with Gasteiger partial charge in [0.2, 0.25) is 5.82 Å². The molecule has 0 atom stereocenters. The standard InChI is InChI=1S/C12H14F2N2O4/c1-3-20-5-4-15(2)12(17)8-6-10(14)11(16(18)19)7-9(8)13/h6-7H,3-5H2,1-2H3. The van der Waals surface area contributed by atoms with Crippen LogP contribution < -0.4 is 0 Å². The molecule has 0 fully saturated rings. The zero-order valence-corrected chi connectivity index (χ0v) is 11.1. The van der Waals surface area contributed by atoms with Crippen LogP contribution in [0.25, 0.3) is 0 Å². The van der Waals surface area contributed by atoms with Gasteiger partial charge >= 0.3 is 5.69 Å². The Balaban J connectivity index is 2.93. The maximum absolute atomic E-state index is 13.6. The molecule has 0 saturated heterocycles. The first kappa shape index (κ1) is 16.0. The topological polar surface area (TPSA) is 72.7 Å². The highest BCUT2D eigenvalue weighted by Crippen LogP contribution is 2.22. The summed E-state index contributed by atoms with van der Waals surface area (Å²) >= 11 is 0. The van der Waals surface area contributed by atoms with Gasteiger partial charge in [0.15, 0.2) is 0 Å². The van der Waals surface area contributed by atoms with E-state index in [0.29, 0.717) is 18.7 Å². The van der Waals surface area contributed by atoms with E-state index in [0.717, 1.165) is 4.90 Å². The number of nitro groups is 1. The molecule has 1 rings (SSSR count). The summed E-state index contributed by atoms with van der Waals surface area (Å²) in [6, 6.07) is 0.936. The van der Waals surface area contributed by atoms with E-state index in [1.807, 2.05) is 0 Å². The monoisotopic (exact) mass is 288 g/mol. The Bertz CT molecular complexity index is 522. The number of amides is 1. The van der Waals surface area contributed by atoms with Crippen molar-refractivity contribution in [3.05, 3.63) is 39.4 Å². The molecule has 6 nitrogen and oxygen atoms in total. The minimum absolute atomic E-state index is 0.199. The van der Waals surface area contributed by atoms with E-state index in [2.05, 4.69) is 0 Å². The Kier molecular flexibility index (Phi) is 5.51. The molecule has 0 spiro atoms. The molecule has 0 bridgehead atoms. The first-order chi connectivity index (χ1) is 9.38. The third kappa shape index (κ3) is 3.70. The normalized spacial score (nSPS) is 10.4. The Hall–Kier alpha value is -2.09.